The molecule has 1 nitrogen and oxygen atoms in total. The summed E-state index contributed by atoms with van der Waals surface area (Å²) in [6.07, 6.45) is 25.0. The van der Waals surface area contributed by atoms with Crippen LogP contribution in [0.15, 0.2) is 54.6 Å². The Labute approximate surface area is 212 Å². The summed E-state index contributed by atoms with van der Waals surface area (Å²) in [6.45, 7) is 4.47. The predicted molar refractivity (Wildman–Crippen MR) is 148 cm³/mol. The molecule has 0 spiro atoms. The fourth-order valence-electron chi connectivity index (χ4n) is 6.45. The van der Waals surface area contributed by atoms with Gasteiger partial charge in [0.2, 0.25) is 0 Å². The molecule has 2 fully saturated rings. The minimum absolute atomic E-state index is 0.242. The minimum Gasteiger partial charge on any atom is -0.486 e. The Morgan fingerprint density at radius 2 is 1.40 bits per heavy atom. The van der Waals surface area contributed by atoms with Gasteiger partial charge in [-0.3, -0.25) is 0 Å². The van der Waals surface area contributed by atoms with Crippen molar-refractivity contribution in [1.29, 1.82) is 0 Å². The highest BCUT2D eigenvalue weighted by Gasteiger charge is 2.25. The van der Waals surface area contributed by atoms with Crippen LogP contribution in [0.4, 0.5) is 4.39 Å². The van der Waals surface area contributed by atoms with Gasteiger partial charge in [0.05, 0.1) is 0 Å². The smallest absolute Gasteiger partial charge is 0.172 e. The molecule has 0 aromatic heterocycles. The second kappa shape index (κ2) is 13.3. The summed E-state index contributed by atoms with van der Waals surface area (Å²) >= 11 is 0. The number of hydrogen-bond acceptors (Lipinski definition) is 1. The zero-order chi connectivity index (χ0) is 24.5. The SMILES string of the molecule is CC=CCOc1ccc2cc(C3CCC(CCC4CCC(CC/C=C/C)CC4)CC3)ccc2c1F. The van der Waals surface area contributed by atoms with Crippen molar-refractivity contribution in [3.8, 4) is 5.75 Å². The highest BCUT2D eigenvalue weighted by atomic mass is 19.1. The molecule has 190 valence electrons. The molecule has 0 aliphatic heterocycles. The molecule has 0 unspecified atom stereocenters. The van der Waals surface area contributed by atoms with Gasteiger partial charge in [0.15, 0.2) is 11.6 Å². The molecule has 2 heteroatoms. The van der Waals surface area contributed by atoms with Gasteiger partial charge in [0, 0.05) is 5.39 Å². The topological polar surface area (TPSA) is 9.23 Å². The molecular formula is C33H45FO. The highest BCUT2D eigenvalue weighted by Crippen LogP contribution is 2.41. The van der Waals surface area contributed by atoms with E-state index >= 15 is 0 Å². The van der Waals surface area contributed by atoms with Gasteiger partial charge < -0.3 is 4.74 Å². The monoisotopic (exact) mass is 476 g/mol. The van der Waals surface area contributed by atoms with Crippen molar-refractivity contribution in [2.24, 2.45) is 17.8 Å². The van der Waals surface area contributed by atoms with E-state index in [2.05, 4.69) is 31.2 Å². The molecule has 0 atom stereocenters. The maximum atomic E-state index is 14.9. The molecule has 0 amide bonds. The normalized spacial score (nSPS) is 25.6. The number of allylic oxidation sites excluding steroid dienone is 3. The van der Waals surface area contributed by atoms with Gasteiger partial charge in [-0.2, -0.15) is 0 Å². The largest absolute Gasteiger partial charge is 0.486 e. The van der Waals surface area contributed by atoms with E-state index in [-0.39, 0.29) is 5.82 Å². The first kappa shape index (κ1) is 26.0. The fraction of sp³-hybridized carbons (Fsp3) is 0.576. The van der Waals surface area contributed by atoms with Crippen molar-refractivity contribution in [3.63, 3.8) is 0 Å². The number of fused-ring (bicyclic) bond motifs is 1. The van der Waals surface area contributed by atoms with Crippen molar-refractivity contribution >= 4 is 10.8 Å². The molecule has 4 rings (SSSR count). The van der Waals surface area contributed by atoms with Gasteiger partial charge in [0.1, 0.15) is 6.61 Å². The Morgan fingerprint density at radius 1 is 0.771 bits per heavy atom. The van der Waals surface area contributed by atoms with Crippen LogP contribution in [0.1, 0.15) is 102 Å². The highest BCUT2D eigenvalue weighted by molar-refractivity contribution is 5.85. The lowest BCUT2D eigenvalue weighted by molar-refractivity contribution is 0.225. The Kier molecular flexibility index (Phi) is 9.86. The van der Waals surface area contributed by atoms with Crippen molar-refractivity contribution in [1.82, 2.24) is 0 Å². The van der Waals surface area contributed by atoms with E-state index in [0.717, 1.165) is 23.1 Å². The van der Waals surface area contributed by atoms with E-state index in [9.17, 15) is 4.39 Å². The van der Waals surface area contributed by atoms with Crippen LogP contribution in [0.25, 0.3) is 10.8 Å². The van der Waals surface area contributed by atoms with Crippen LogP contribution in [0, 0.1) is 23.6 Å². The van der Waals surface area contributed by atoms with Crippen molar-refractivity contribution in [3.05, 3.63) is 66.0 Å². The quantitative estimate of drug-likeness (QED) is 0.310. The minimum atomic E-state index is -0.242. The number of rotatable bonds is 10. The molecule has 2 saturated carbocycles. The van der Waals surface area contributed by atoms with Gasteiger partial charge in [0.25, 0.3) is 0 Å². The Bertz CT molecular complexity index is 974. The van der Waals surface area contributed by atoms with Crippen LogP contribution in [0.3, 0.4) is 0 Å². The van der Waals surface area contributed by atoms with Crippen LogP contribution < -0.4 is 4.74 Å². The van der Waals surface area contributed by atoms with Crippen LogP contribution in [-0.2, 0) is 0 Å². The first-order chi connectivity index (χ1) is 17.2. The van der Waals surface area contributed by atoms with Gasteiger partial charge in [-0.05, 0) is 93.1 Å². The lowest BCUT2D eigenvalue weighted by Gasteiger charge is -2.32. The summed E-state index contributed by atoms with van der Waals surface area (Å²) in [5.74, 6) is 3.59. The van der Waals surface area contributed by atoms with Crippen LogP contribution in [0.2, 0.25) is 0 Å². The number of hydrogen-bond donors (Lipinski definition) is 0. The second-order valence-corrected chi connectivity index (χ2v) is 11.1. The van der Waals surface area contributed by atoms with Gasteiger partial charge in [-0.25, -0.2) is 4.39 Å². The number of ether oxygens (including phenoxy) is 1. The third-order valence-electron chi connectivity index (χ3n) is 8.76. The first-order valence-corrected chi connectivity index (χ1v) is 14.2. The van der Waals surface area contributed by atoms with E-state index < -0.39 is 0 Å². The van der Waals surface area contributed by atoms with Crippen LogP contribution >= 0.6 is 0 Å². The lowest BCUT2D eigenvalue weighted by Crippen LogP contribution is -2.17. The molecule has 35 heavy (non-hydrogen) atoms. The van der Waals surface area contributed by atoms with E-state index in [4.69, 9.17) is 4.74 Å². The summed E-state index contributed by atoms with van der Waals surface area (Å²) in [4.78, 5) is 0. The third kappa shape index (κ3) is 7.21. The summed E-state index contributed by atoms with van der Waals surface area (Å²) in [5.41, 5.74) is 1.38. The van der Waals surface area contributed by atoms with Crippen LogP contribution in [-0.4, -0.2) is 6.61 Å². The Balaban J connectivity index is 1.23. The zero-order valence-corrected chi connectivity index (χ0v) is 22.0. The molecule has 0 heterocycles. The third-order valence-corrected chi connectivity index (χ3v) is 8.76. The predicted octanol–water partition coefficient (Wildman–Crippen LogP) is 10.2. The summed E-state index contributed by atoms with van der Waals surface area (Å²) in [6, 6.07) is 10.1. The van der Waals surface area contributed by atoms with Crippen molar-refractivity contribution < 1.29 is 9.13 Å². The molecule has 2 aromatic rings. The van der Waals surface area contributed by atoms with Gasteiger partial charge in [-0.15, -0.1) is 0 Å². The average Bonchev–Trinajstić information content (AvgIpc) is 2.90. The maximum Gasteiger partial charge on any atom is 0.172 e. The second-order valence-electron chi connectivity index (χ2n) is 11.1. The molecule has 2 aliphatic carbocycles. The standard InChI is InChI=1S/C33H45FO/c1-3-5-7-8-25-9-11-26(12-10-25)13-14-27-15-17-28(18-16-27)29-19-21-31-30(24-29)20-22-32(33(31)34)35-23-6-4-2/h3-6,19-22,24-28H,7-18,23H2,1-2H3/b5-3+,6-4?. The molecule has 0 bridgehead atoms. The maximum absolute atomic E-state index is 14.9. The lowest BCUT2D eigenvalue weighted by atomic mass is 9.74. The van der Waals surface area contributed by atoms with E-state index in [1.54, 1.807) is 6.07 Å². The van der Waals surface area contributed by atoms with Crippen LogP contribution in [0.5, 0.6) is 5.75 Å². The molecule has 2 aromatic carbocycles. The van der Waals surface area contributed by atoms with Gasteiger partial charge in [-0.1, -0.05) is 87.1 Å². The molecular weight excluding hydrogens is 431 g/mol. The Morgan fingerprint density at radius 3 is 2.06 bits per heavy atom. The van der Waals surface area contributed by atoms with Crippen molar-refractivity contribution in [2.75, 3.05) is 6.61 Å². The number of halogens is 1. The molecule has 0 N–H and O–H groups in total. The molecule has 0 saturated heterocycles. The summed E-state index contributed by atoms with van der Waals surface area (Å²) in [7, 11) is 0. The summed E-state index contributed by atoms with van der Waals surface area (Å²) in [5, 5.41) is 1.65. The van der Waals surface area contributed by atoms with E-state index in [1.807, 2.05) is 31.2 Å². The number of benzene rings is 2. The first-order valence-electron chi connectivity index (χ1n) is 14.2. The Hall–Kier alpha value is -2.09. The fourth-order valence-corrected chi connectivity index (χ4v) is 6.45. The molecule has 0 radical (unpaired) electrons. The van der Waals surface area contributed by atoms with E-state index in [0.29, 0.717) is 23.7 Å². The zero-order valence-electron chi connectivity index (χ0n) is 22.0. The van der Waals surface area contributed by atoms with E-state index in [1.165, 1.54) is 82.6 Å². The summed E-state index contributed by atoms with van der Waals surface area (Å²) < 4.78 is 20.5. The molecule has 2 aliphatic rings. The van der Waals surface area contributed by atoms with Crippen molar-refractivity contribution in [2.45, 2.75) is 96.8 Å². The average molecular weight is 477 g/mol. The van der Waals surface area contributed by atoms with Gasteiger partial charge >= 0.3 is 0 Å².